The van der Waals surface area contributed by atoms with E-state index in [1.807, 2.05) is 6.92 Å². The van der Waals surface area contributed by atoms with Gasteiger partial charge in [0.2, 0.25) is 0 Å². The normalized spacial score (nSPS) is 12.7. The van der Waals surface area contributed by atoms with Crippen molar-refractivity contribution in [2.24, 2.45) is 5.92 Å². The number of ketones is 1. The third-order valence-corrected chi connectivity index (χ3v) is 4.10. The largest absolute Gasteiger partial charge is 0.292 e. The standard InChI is InChI=1S/C14H19ClN2OS/c1-10(2)9-17(8-4-7-16)11(3)14(18)12-5-6-13(15)19-12/h5-6,10-11H,4,8-9H2,1-3H3. The van der Waals surface area contributed by atoms with Crippen LogP contribution in [-0.2, 0) is 0 Å². The van der Waals surface area contributed by atoms with Gasteiger partial charge in [0.15, 0.2) is 5.78 Å². The number of Topliss-reactive ketones (excluding diaryl/α,β-unsaturated/α-hetero) is 1. The predicted molar refractivity (Wildman–Crippen MR) is 79.8 cm³/mol. The van der Waals surface area contributed by atoms with E-state index in [4.69, 9.17) is 16.9 Å². The summed E-state index contributed by atoms with van der Waals surface area (Å²) in [5.74, 6) is 0.538. The topological polar surface area (TPSA) is 44.1 Å². The summed E-state index contributed by atoms with van der Waals surface area (Å²) >= 11 is 7.17. The van der Waals surface area contributed by atoms with Gasteiger partial charge in [0.1, 0.15) is 0 Å². The first-order valence-corrected chi connectivity index (χ1v) is 7.55. The van der Waals surface area contributed by atoms with Crippen LogP contribution >= 0.6 is 22.9 Å². The van der Waals surface area contributed by atoms with Crippen LogP contribution in [-0.4, -0.2) is 29.8 Å². The van der Waals surface area contributed by atoms with Crippen molar-refractivity contribution in [3.05, 3.63) is 21.3 Å². The van der Waals surface area contributed by atoms with Crippen LogP contribution in [0.3, 0.4) is 0 Å². The van der Waals surface area contributed by atoms with Crippen molar-refractivity contribution in [3.8, 4) is 6.07 Å². The maximum absolute atomic E-state index is 12.4. The summed E-state index contributed by atoms with van der Waals surface area (Å²) in [6.07, 6.45) is 0.440. The van der Waals surface area contributed by atoms with Gasteiger partial charge in [0.25, 0.3) is 0 Å². The van der Waals surface area contributed by atoms with Gasteiger partial charge in [-0.2, -0.15) is 5.26 Å². The summed E-state index contributed by atoms with van der Waals surface area (Å²) in [6.45, 7) is 7.56. The van der Waals surface area contributed by atoms with Gasteiger partial charge in [0, 0.05) is 19.5 Å². The molecule has 1 atom stereocenters. The third-order valence-electron chi connectivity index (χ3n) is 2.85. The lowest BCUT2D eigenvalue weighted by Crippen LogP contribution is -2.41. The van der Waals surface area contributed by atoms with Crippen molar-refractivity contribution in [1.82, 2.24) is 4.90 Å². The van der Waals surface area contributed by atoms with Gasteiger partial charge in [0.05, 0.1) is 21.3 Å². The Morgan fingerprint density at radius 1 is 1.47 bits per heavy atom. The van der Waals surface area contributed by atoms with Crippen LogP contribution in [0.5, 0.6) is 0 Å². The van der Waals surface area contributed by atoms with Crippen LogP contribution in [0.25, 0.3) is 0 Å². The zero-order valence-corrected chi connectivity index (χ0v) is 13.1. The summed E-state index contributed by atoms with van der Waals surface area (Å²) in [7, 11) is 0. The second-order valence-electron chi connectivity index (χ2n) is 4.94. The Labute approximate surface area is 123 Å². The quantitative estimate of drug-likeness (QED) is 0.718. The SMILES string of the molecule is CC(C)CN(CCC#N)C(C)C(=O)c1ccc(Cl)s1. The van der Waals surface area contributed by atoms with Gasteiger partial charge in [-0.05, 0) is 25.0 Å². The Morgan fingerprint density at radius 3 is 2.63 bits per heavy atom. The van der Waals surface area contributed by atoms with Gasteiger partial charge in [-0.25, -0.2) is 0 Å². The summed E-state index contributed by atoms with van der Waals surface area (Å²) < 4.78 is 0.628. The number of halogens is 1. The summed E-state index contributed by atoms with van der Waals surface area (Å²) in [5, 5.41) is 8.71. The molecular formula is C14H19ClN2OS. The molecule has 3 nitrogen and oxygen atoms in total. The first-order chi connectivity index (χ1) is 8.95. The zero-order chi connectivity index (χ0) is 14.4. The minimum atomic E-state index is -0.217. The van der Waals surface area contributed by atoms with E-state index in [-0.39, 0.29) is 11.8 Å². The van der Waals surface area contributed by atoms with Crippen LogP contribution in [0.4, 0.5) is 0 Å². The third kappa shape index (κ3) is 4.94. The molecule has 0 N–H and O–H groups in total. The van der Waals surface area contributed by atoms with Crippen LogP contribution in [0.2, 0.25) is 4.34 Å². The number of rotatable bonds is 7. The Morgan fingerprint density at radius 2 is 2.16 bits per heavy atom. The summed E-state index contributed by atoms with van der Waals surface area (Å²) in [6, 6.07) is 5.43. The van der Waals surface area contributed by atoms with E-state index < -0.39 is 0 Å². The maximum Gasteiger partial charge on any atom is 0.189 e. The molecule has 0 saturated carbocycles. The van der Waals surface area contributed by atoms with Crippen molar-refractivity contribution in [1.29, 1.82) is 5.26 Å². The minimum Gasteiger partial charge on any atom is -0.292 e. The molecule has 0 fully saturated rings. The molecule has 0 amide bonds. The molecule has 1 aromatic heterocycles. The highest BCUT2D eigenvalue weighted by Crippen LogP contribution is 2.23. The number of nitrogens with zero attached hydrogens (tertiary/aromatic N) is 2. The number of thiophene rings is 1. The fourth-order valence-corrected chi connectivity index (χ4v) is 2.99. The Bertz CT molecular complexity index is 464. The van der Waals surface area contributed by atoms with Crippen LogP contribution in [0.15, 0.2) is 12.1 Å². The molecule has 1 heterocycles. The van der Waals surface area contributed by atoms with E-state index >= 15 is 0 Å². The monoisotopic (exact) mass is 298 g/mol. The number of carbonyl (C=O) groups is 1. The highest BCUT2D eigenvalue weighted by molar-refractivity contribution is 7.18. The number of carbonyl (C=O) groups excluding carboxylic acids is 1. The van der Waals surface area contributed by atoms with Crippen molar-refractivity contribution in [2.75, 3.05) is 13.1 Å². The van der Waals surface area contributed by atoms with Crippen LogP contribution in [0, 0.1) is 17.2 Å². The van der Waals surface area contributed by atoms with E-state index in [9.17, 15) is 4.79 Å². The highest BCUT2D eigenvalue weighted by Gasteiger charge is 2.23. The molecule has 0 spiro atoms. The Balaban J connectivity index is 2.77. The molecule has 0 aliphatic heterocycles. The van der Waals surface area contributed by atoms with Crippen LogP contribution < -0.4 is 0 Å². The fourth-order valence-electron chi connectivity index (χ4n) is 1.92. The van der Waals surface area contributed by atoms with E-state index in [2.05, 4.69) is 24.8 Å². The molecule has 0 bridgehead atoms. The lowest BCUT2D eigenvalue weighted by atomic mass is 10.1. The van der Waals surface area contributed by atoms with E-state index in [0.717, 1.165) is 6.54 Å². The fraction of sp³-hybridized carbons (Fsp3) is 0.571. The number of nitriles is 1. The molecule has 0 saturated heterocycles. The van der Waals surface area contributed by atoms with E-state index in [0.29, 0.717) is 28.1 Å². The molecule has 1 unspecified atom stereocenters. The Kier molecular flexibility index (Phi) is 6.50. The maximum atomic E-state index is 12.4. The smallest absolute Gasteiger partial charge is 0.189 e. The predicted octanol–water partition coefficient (Wildman–Crippen LogP) is 3.84. The molecular weight excluding hydrogens is 280 g/mol. The van der Waals surface area contributed by atoms with Gasteiger partial charge in [-0.3, -0.25) is 9.69 Å². The molecule has 0 aromatic carbocycles. The number of hydrogen-bond donors (Lipinski definition) is 0. The van der Waals surface area contributed by atoms with E-state index in [1.165, 1.54) is 11.3 Å². The molecule has 5 heteroatoms. The molecule has 0 aliphatic carbocycles. The average molecular weight is 299 g/mol. The van der Waals surface area contributed by atoms with Gasteiger partial charge in [-0.15, -0.1) is 11.3 Å². The number of hydrogen-bond acceptors (Lipinski definition) is 4. The summed E-state index contributed by atoms with van der Waals surface area (Å²) in [4.78, 5) is 15.1. The van der Waals surface area contributed by atoms with Crippen LogP contribution in [0.1, 0.15) is 36.9 Å². The van der Waals surface area contributed by atoms with Crippen molar-refractivity contribution in [2.45, 2.75) is 33.2 Å². The summed E-state index contributed by atoms with van der Waals surface area (Å²) in [5.41, 5.74) is 0. The zero-order valence-electron chi connectivity index (χ0n) is 11.5. The first kappa shape index (κ1) is 16.2. The highest BCUT2D eigenvalue weighted by atomic mass is 35.5. The molecule has 0 aliphatic rings. The molecule has 0 radical (unpaired) electrons. The second kappa shape index (κ2) is 7.64. The average Bonchev–Trinajstić information content (AvgIpc) is 2.79. The Hall–Kier alpha value is -0.890. The van der Waals surface area contributed by atoms with Gasteiger partial charge < -0.3 is 0 Å². The van der Waals surface area contributed by atoms with Crippen molar-refractivity contribution >= 4 is 28.7 Å². The first-order valence-electron chi connectivity index (χ1n) is 6.36. The van der Waals surface area contributed by atoms with Crippen molar-refractivity contribution in [3.63, 3.8) is 0 Å². The van der Waals surface area contributed by atoms with E-state index in [1.54, 1.807) is 12.1 Å². The molecule has 1 aromatic rings. The molecule has 1 rings (SSSR count). The lowest BCUT2D eigenvalue weighted by Gasteiger charge is -2.28. The second-order valence-corrected chi connectivity index (χ2v) is 6.66. The molecule has 104 valence electrons. The van der Waals surface area contributed by atoms with Gasteiger partial charge >= 0.3 is 0 Å². The minimum absolute atomic E-state index is 0.0792. The van der Waals surface area contributed by atoms with Gasteiger partial charge in [-0.1, -0.05) is 25.4 Å². The molecule has 19 heavy (non-hydrogen) atoms. The van der Waals surface area contributed by atoms with Crippen molar-refractivity contribution < 1.29 is 4.79 Å². The lowest BCUT2D eigenvalue weighted by molar-refractivity contribution is 0.0829.